The van der Waals surface area contributed by atoms with E-state index in [0.717, 1.165) is 5.56 Å². The van der Waals surface area contributed by atoms with Crippen molar-refractivity contribution in [2.75, 3.05) is 14.2 Å². The highest BCUT2D eigenvalue weighted by molar-refractivity contribution is 5.82. The Morgan fingerprint density at radius 3 is 2.33 bits per heavy atom. The molecule has 0 amide bonds. The van der Waals surface area contributed by atoms with Gasteiger partial charge in [-0.3, -0.25) is 0 Å². The zero-order valence-electron chi connectivity index (χ0n) is 13.0. The Morgan fingerprint density at radius 2 is 1.71 bits per heavy atom. The SMILES string of the molecule is COc1cc(OC)nc(/N=C/c2nc(-c3ccccc3)oc2O)n1. The first-order valence-electron chi connectivity index (χ1n) is 6.96. The lowest BCUT2D eigenvalue weighted by molar-refractivity contribution is 0.337. The van der Waals surface area contributed by atoms with Gasteiger partial charge in [-0.15, -0.1) is 0 Å². The Balaban J connectivity index is 1.89. The van der Waals surface area contributed by atoms with Crippen LogP contribution in [0.15, 0.2) is 45.8 Å². The Bertz CT molecular complexity index is 840. The number of hydrogen-bond donors (Lipinski definition) is 1. The minimum absolute atomic E-state index is 0.106. The van der Waals surface area contributed by atoms with Gasteiger partial charge in [0.15, 0.2) is 5.69 Å². The average Bonchev–Trinajstić information content (AvgIpc) is 3.01. The molecule has 0 bridgehead atoms. The Morgan fingerprint density at radius 1 is 1.04 bits per heavy atom. The van der Waals surface area contributed by atoms with E-state index in [-0.39, 0.29) is 17.6 Å². The van der Waals surface area contributed by atoms with Crippen LogP contribution in [0.5, 0.6) is 17.7 Å². The largest absolute Gasteiger partial charge is 0.481 e. The molecule has 1 aromatic carbocycles. The first-order chi connectivity index (χ1) is 11.7. The summed E-state index contributed by atoms with van der Waals surface area (Å²) in [6, 6.07) is 10.7. The number of aliphatic imine (C=N–C) groups is 1. The van der Waals surface area contributed by atoms with Crippen molar-refractivity contribution < 1.29 is 19.0 Å². The lowest BCUT2D eigenvalue weighted by Crippen LogP contribution is -1.94. The molecule has 0 aliphatic rings. The van der Waals surface area contributed by atoms with Gasteiger partial charge in [-0.25, -0.2) is 9.98 Å². The molecule has 24 heavy (non-hydrogen) atoms. The van der Waals surface area contributed by atoms with Crippen molar-refractivity contribution in [3.63, 3.8) is 0 Å². The van der Waals surface area contributed by atoms with Crippen LogP contribution >= 0.6 is 0 Å². The maximum atomic E-state index is 9.86. The molecule has 0 radical (unpaired) electrons. The molecule has 1 N–H and O–H groups in total. The molecule has 2 aromatic heterocycles. The number of rotatable bonds is 5. The van der Waals surface area contributed by atoms with Crippen molar-refractivity contribution in [3.8, 4) is 29.2 Å². The smallest absolute Gasteiger partial charge is 0.312 e. The molecule has 0 saturated heterocycles. The van der Waals surface area contributed by atoms with Gasteiger partial charge >= 0.3 is 5.95 Å². The van der Waals surface area contributed by atoms with E-state index in [0.29, 0.717) is 17.7 Å². The third-order valence-electron chi connectivity index (χ3n) is 3.04. The molecule has 0 atom stereocenters. The Hall–Kier alpha value is -3.42. The van der Waals surface area contributed by atoms with Crippen molar-refractivity contribution in [3.05, 3.63) is 42.1 Å². The molecule has 8 heteroatoms. The Kier molecular flexibility index (Phi) is 4.37. The van der Waals surface area contributed by atoms with Gasteiger partial charge in [-0.2, -0.15) is 9.97 Å². The highest BCUT2D eigenvalue weighted by atomic mass is 16.5. The predicted molar refractivity (Wildman–Crippen MR) is 86.0 cm³/mol. The topological polar surface area (TPSA) is 103 Å². The molecule has 122 valence electrons. The van der Waals surface area contributed by atoms with E-state index in [2.05, 4.69) is 19.9 Å². The summed E-state index contributed by atoms with van der Waals surface area (Å²) >= 11 is 0. The number of methoxy groups -OCH3 is 2. The fourth-order valence-electron chi connectivity index (χ4n) is 1.89. The number of oxazole rings is 1. The van der Waals surface area contributed by atoms with Crippen LogP contribution in [-0.2, 0) is 0 Å². The monoisotopic (exact) mass is 326 g/mol. The van der Waals surface area contributed by atoms with Gasteiger partial charge in [0.2, 0.25) is 17.7 Å². The van der Waals surface area contributed by atoms with Gasteiger partial charge in [0, 0.05) is 5.56 Å². The lowest BCUT2D eigenvalue weighted by Gasteiger charge is -2.02. The van der Waals surface area contributed by atoms with Crippen molar-refractivity contribution >= 4 is 12.2 Å². The minimum atomic E-state index is -0.340. The number of benzene rings is 1. The molecule has 2 heterocycles. The number of aromatic nitrogens is 3. The van der Waals surface area contributed by atoms with Crippen molar-refractivity contribution in [1.82, 2.24) is 15.0 Å². The highest BCUT2D eigenvalue weighted by Gasteiger charge is 2.12. The molecule has 8 nitrogen and oxygen atoms in total. The van der Waals surface area contributed by atoms with E-state index >= 15 is 0 Å². The molecule has 3 aromatic rings. The van der Waals surface area contributed by atoms with Gasteiger partial charge in [0.25, 0.3) is 5.95 Å². The van der Waals surface area contributed by atoms with E-state index < -0.39 is 0 Å². The second-order valence-electron chi connectivity index (χ2n) is 4.59. The predicted octanol–water partition coefficient (Wildman–Crippen LogP) is 2.61. The summed E-state index contributed by atoms with van der Waals surface area (Å²) in [6.45, 7) is 0. The van der Waals surface area contributed by atoms with Crippen LogP contribution in [0.2, 0.25) is 0 Å². The maximum absolute atomic E-state index is 9.86. The van der Waals surface area contributed by atoms with Crippen LogP contribution in [0.4, 0.5) is 5.95 Å². The van der Waals surface area contributed by atoms with Crippen molar-refractivity contribution in [1.29, 1.82) is 0 Å². The summed E-state index contributed by atoms with van der Waals surface area (Å²) in [7, 11) is 2.95. The minimum Gasteiger partial charge on any atom is -0.481 e. The molecule has 0 aliphatic carbocycles. The van der Waals surface area contributed by atoms with E-state index in [1.165, 1.54) is 26.5 Å². The zero-order chi connectivity index (χ0) is 16.9. The molecular formula is C16H14N4O4. The molecule has 3 rings (SSSR count). The van der Waals surface area contributed by atoms with E-state index in [4.69, 9.17) is 13.9 Å². The lowest BCUT2D eigenvalue weighted by atomic mass is 10.2. The summed E-state index contributed by atoms with van der Waals surface area (Å²) < 4.78 is 15.3. The molecular weight excluding hydrogens is 312 g/mol. The van der Waals surface area contributed by atoms with Crippen LogP contribution in [0, 0.1) is 0 Å². The van der Waals surface area contributed by atoms with Crippen molar-refractivity contribution in [2.24, 2.45) is 4.99 Å². The molecule has 0 fully saturated rings. The van der Waals surface area contributed by atoms with E-state index in [9.17, 15) is 5.11 Å². The van der Waals surface area contributed by atoms with Crippen LogP contribution in [0.25, 0.3) is 11.5 Å². The normalized spacial score (nSPS) is 10.9. The first-order valence-corrected chi connectivity index (χ1v) is 6.96. The molecule has 0 unspecified atom stereocenters. The molecule has 0 spiro atoms. The van der Waals surface area contributed by atoms with E-state index in [1.54, 1.807) is 0 Å². The van der Waals surface area contributed by atoms with Crippen LogP contribution < -0.4 is 9.47 Å². The Labute approximate surface area is 137 Å². The zero-order valence-corrected chi connectivity index (χ0v) is 13.0. The number of aromatic hydroxyl groups is 1. The van der Waals surface area contributed by atoms with Gasteiger partial charge in [0.05, 0.1) is 26.5 Å². The van der Waals surface area contributed by atoms with Gasteiger partial charge in [-0.05, 0) is 12.1 Å². The molecule has 0 aliphatic heterocycles. The fourth-order valence-corrected chi connectivity index (χ4v) is 1.89. The second kappa shape index (κ2) is 6.78. The second-order valence-corrected chi connectivity index (χ2v) is 4.59. The van der Waals surface area contributed by atoms with Gasteiger partial charge in [-0.1, -0.05) is 18.2 Å². The number of nitrogens with zero attached hydrogens (tertiary/aromatic N) is 4. The third kappa shape index (κ3) is 3.32. The van der Waals surface area contributed by atoms with Crippen LogP contribution in [0.3, 0.4) is 0 Å². The summed E-state index contributed by atoms with van der Waals surface area (Å²) in [5.41, 5.74) is 0.908. The quantitative estimate of drug-likeness (QED) is 0.719. The van der Waals surface area contributed by atoms with Gasteiger partial charge in [0.1, 0.15) is 0 Å². The standard InChI is InChI=1S/C16H14N4O4/c1-22-12-8-13(23-2)20-16(19-12)17-9-11-15(21)24-14(18-11)10-6-4-3-5-7-10/h3-9,21H,1-2H3/b17-9+. The number of hydrogen-bond acceptors (Lipinski definition) is 8. The highest BCUT2D eigenvalue weighted by Crippen LogP contribution is 2.25. The van der Waals surface area contributed by atoms with Crippen LogP contribution in [0.1, 0.15) is 5.69 Å². The maximum Gasteiger partial charge on any atom is 0.312 e. The fraction of sp³-hybridized carbons (Fsp3) is 0.125. The third-order valence-corrected chi connectivity index (χ3v) is 3.04. The summed E-state index contributed by atoms with van der Waals surface area (Å²) in [5.74, 6) is 0.674. The summed E-state index contributed by atoms with van der Waals surface area (Å²) in [5, 5.41) is 9.86. The number of ether oxygens (including phenoxy) is 2. The van der Waals surface area contributed by atoms with Crippen molar-refractivity contribution in [2.45, 2.75) is 0 Å². The summed E-state index contributed by atoms with van der Waals surface area (Å²) in [6.07, 6.45) is 1.31. The summed E-state index contributed by atoms with van der Waals surface area (Å²) in [4.78, 5) is 16.4. The van der Waals surface area contributed by atoms with Crippen LogP contribution in [-0.4, -0.2) is 40.5 Å². The molecule has 0 saturated carbocycles. The average molecular weight is 326 g/mol. The van der Waals surface area contributed by atoms with E-state index in [1.807, 2.05) is 30.3 Å². The first kappa shape index (κ1) is 15.5. The van der Waals surface area contributed by atoms with Gasteiger partial charge < -0.3 is 19.0 Å².